The minimum absolute atomic E-state index is 0.00260. The second-order valence-electron chi connectivity index (χ2n) is 8.76. The second-order valence-corrected chi connectivity index (χ2v) is 8.76. The normalized spacial score (nSPS) is 16.4. The molecule has 1 N–H and O–H groups in total. The largest absolute Gasteiger partial charge is 0.494 e. The summed E-state index contributed by atoms with van der Waals surface area (Å²) in [7, 11) is 0. The zero-order valence-electron chi connectivity index (χ0n) is 18.4. The van der Waals surface area contributed by atoms with E-state index in [1.807, 2.05) is 11.8 Å². The number of amides is 2. The summed E-state index contributed by atoms with van der Waals surface area (Å²) in [5.41, 5.74) is 3.06. The van der Waals surface area contributed by atoms with E-state index in [2.05, 4.69) is 50.4 Å². The molecule has 0 spiro atoms. The fraction of sp³-hybridized carbons (Fsp3) is 0.440. The number of nitrogens with one attached hydrogen (secondary N) is 1. The number of rotatable bonds is 6. The van der Waals surface area contributed by atoms with Crippen LogP contribution in [0.4, 0.5) is 0 Å². The predicted octanol–water partition coefficient (Wildman–Crippen LogP) is 4.48. The van der Waals surface area contributed by atoms with Crippen molar-refractivity contribution in [2.75, 3.05) is 19.7 Å². The molecule has 1 aliphatic rings. The molecule has 5 nitrogen and oxygen atoms in total. The van der Waals surface area contributed by atoms with Gasteiger partial charge in [0.25, 0.3) is 5.91 Å². The lowest BCUT2D eigenvalue weighted by Crippen LogP contribution is -2.39. The lowest BCUT2D eigenvalue weighted by atomic mass is 9.86. The van der Waals surface area contributed by atoms with E-state index < -0.39 is 0 Å². The smallest absolute Gasteiger partial charge is 0.251 e. The van der Waals surface area contributed by atoms with E-state index >= 15 is 0 Å². The molecule has 1 aliphatic heterocycles. The molecule has 160 valence electrons. The number of ether oxygens (including phenoxy) is 1. The number of carbonyl (C=O) groups excluding carboxylic acids is 2. The number of nitrogens with zero attached hydrogens (tertiary/aromatic N) is 1. The first-order valence-electron chi connectivity index (χ1n) is 10.7. The van der Waals surface area contributed by atoms with Gasteiger partial charge in [-0.05, 0) is 60.6 Å². The molecule has 2 aromatic carbocycles. The van der Waals surface area contributed by atoms with Crippen molar-refractivity contribution < 1.29 is 14.3 Å². The summed E-state index contributed by atoms with van der Waals surface area (Å²) in [5, 5.41) is 2.76. The highest BCUT2D eigenvalue weighted by Crippen LogP contribution is 2.33. The summed E-state index contributed by atoms with van der Waals surface area (Å²) in [6.07, 6.45) is 1.93. The highest BCUT2D eigenvalue weighted by Gasteiger charge is 2.30. The predicted molar refractivity (Wildman–Crippen MR) is 119 cm³/mol. The van der Waals surface area contributed by atoms with Crippen molar-refractivity contribution in [1.82, 2.24) is 10.2 Å². The SMILES string of the molecule is CCOc1ccc(C(=O)NCC(=O)N2CCCC2c2ccc(C(C)(C)C)cc2)cc1. The number of likely N-dealkylation sites (tertiary alicyclic amines) is 1. The van der Waals surface area contributed by atoms with E-state index in [-0.39, 0.29) is 29.8 Å². The van der Waals surface area contributed by atoms with Crippen molar-refractivity contribution in [3.05, 3.63) is 65.2 Å². The summed E-state index contributed by atoms with van der Waals surface area (Å²) in [6.45, 7) is 9.81. The van der Waals surface area contributed by atoms with E-state index in [4.69, 9.17) is 4.74 Å². The van der Waals surface area contributed by atoms with Crippen molar-refractivity contribution in [2.45, 2.75) is 52.0 Å². The molecule has 30 heavy (non-hydrogen) atoms. The molecule has 5 heteroatoms. The Morgan fingerprint density at radius 2 is 1.73 bits per heavy atom. The first-order chi connectivity index (χ1) is 14.3. The van der Waals surface area contributed by atoms with Crippen molar-refractivity contribution in [3.8, 4) is 5.75 Å². The maximum Gasteiger partial charge on any atom is 0.251 e. The van der Waals surface area contributed by atoms with Crippen LogP contribution < -0.4 is 10.1 Å². The highest BCUT2D eigenvalue weighted by atomic mass is 16.5. The lowest BCUT2D eigenvalue weighted by Gasteiger charge is -2.26. The summed E-state index contributed by atoms with van der Waals surface area (Å²) in [4.78, 5) is 27.1. The molecule has 0 saturated carbocycles. The molecular weight excluding hydrogens is 376 g/mol. The van der Waals surface area contributed by atoms with E-state index in [0.29, 0.717) is 12.2 Å². The topological polar surface area (TPSA) is 58.6 Å². The molecule has 1 unspecified atom stereocenters. The number of carbonyl (C=O) groups is 2. The Bertz CT molecular complexity index is 867. The third-order valence-electron chi connectivity index (χ3n) is 5.56. The van der Waals surface area contributed by atoms with Crippen LogP contribution >= 0.6 is 0 Å². The van der Waals surface area contributed by atoms with Gasteiger partial charge in [0.05, 0.1) is 19.2 Å². The van der Waals surface area contributed by atoms with E-state index in [1.165, 1.54) is 5.56 Å². The monoisotopic (exact) mass is 408 g/mol. The molecule has 1 fully saturated rings. The van der Waals surface area contributed by atoms with Crippen LogP contribution in [0.1, 0.15) is 68.1 Å². The van der Waals surface area contributed by atoms with Crippen LogP contribution in [0, 0.1) is 0 Å². The van der Waals surface area contributed by atoms with Crippen LogP contribution in [0.2, 0.25) is 0 Å². The van der Waals surface area contributed by atoms with Gasteiger partial charge < -0.3 is 15.0 Å². The van der Waals surface area contributed by atoms with E-state index in [1.54, 1.807) is 24.3 Å². The molecule has 2 aromatic rings. The zero-order chi connectivity index (χ0) is 21.7. The van der Waals surface area contributed by atoms with Gasteiger partial charge in [-0.3, -0.25) is 9.59 Å². The average molecular weight is 409 g/mol. The van der Waals surface area contributed by atoms with Crippen molar-refractivity contribution in [2.24, 2.45) is 0 Å². The first-order valence-corrected chi connectivity index (χ1v) is 10.7. The van der Waals surface area contributed by atoms with Gasteiger partial charge in [0.1, 0.15) is 5.75 Å². The van der Waals surface area contributed by atoms with Gasteiger partial charge in [-0.15, -0.1) is 0 Å². The molecule has 1 saturated heterocycles. The third kappa shape index (κ3) is 5.21. The Morgan fingerprint density at radius 3 is 2.33 bits per heavy atom. The maximum atomic E-state index is 12.8. The van der Waals surface area contributed by atoms with Gasteiger partial charge in [0.15, 0.2) is 0 Å². The zero-order valence-corrected chi connectivity index (χ0v) is 18.4. The summed E-state index contributed by atoms with van der Waals surface area (Å²) < 4.78 is 5.39. The summed E-state index contributed by atoms with van der Waals surface area (Å²) >= 11 is 0. The highest BCUT2D eigenvalue weighted by molar-refractivity contribution is 5.96. The van der Waals surface area contributed by atoms with Gasteiger partial charge in [0.2, 0.25) is 5.91 Å². The Kier molecular flexibility index (Phi) is 6.80. The minimum atomic E-state index is -0.253. The van der Waals surface area contributed by atoms with Crippen LogP contribution in [0.3, 0.4) is 0 Å². The Hall–Kier alpha value is -2.82. The molecule has 0 bridgehead atoms. The van der Waals surface area contributed by atoms with Crippen LogP contribution in [0.25, 0.3) is 0 Å². The van der Waals surface area contributed by atoms with Crippen LogP contribution in [0.15, 0.2) is 48.5 Å². The van der Waals surface area contributed by atoms with Gasteiger partial charge in [-0.2, -0.15) is 0 Å². The van der Waals surface area contributed by atoms with Crippen molar-refractivity contribution in [1.29, 1.82) is 0 Å². The Labute approximate surface area is 179 Å². The lowest BCUT2D eigenvalue weighted by molar-refractivity contribution is -0.131. The Morgan fingerprint density at radius 1 is 1.07 bits per heavy atom. The van der Waals surface area contributed by atoms with Crippen LogP contribution in [0.5, 0.6) is 5.75 Å². The summed E-state index contributed by atoms with van der Waals surface area (Å²) in [5.74, 6) is 0.427. The third-order valence-corrected chi connectivity index (χ3v) is 5.56. The average Bonchev–Trinajstić information content (AvgIpc) is 3.22. The Balaban J connectivity index is 1.59. The van der Waals surface area contributed by atoms with Gasteiger partial charge in [-0.1, -0.05) is 45.0 Å². The number of hydrogen-bond donors (Lipinski definition) is 1. The quantitative estimate of drug-likeness (QED) is 0.767. The van der Waals surface area contributed by atoms with Crippen molar-refractivity contribution >= 4 is 11.8 Å². The summed E-state index contributed by atoms with van der Waals surface area (Å²) in [6, 6.07) is 15.6. The second kappa shape index (κ2) is 9.33. The first kappa shape index (κ1) is 21.9. The number of hydrogen-bond acceptors (Lipinski definition) is 3. The van der Waals surface area contributed by atoms with Gasteiger partial charge in [0, 0.05) is 12.1 Å². The van der Waals surface area contributed by atoms with Gasteiger partial charge in [-0.25, -0.2) is 0 Å². The van der Waals surface area contributed by atoms with E-state index in [9.17, 15) is 9.59 Å². The molecule has 1 atom stereocenters. The van der Waals surface area contributed by atoms with E-state index in [0.717, 1.165) is 30.7 Å². The fourth-order valence-corrected chi connectivity index (χ4v) is 3.85. The standard InChI is InChI=1S/C25H32N2O3/c1-5-30-21-14-10-19(11-15-21)24(29)26-17-23(28)27-16-6-7-22(27)18-8-12-20(13-9-18)25(2,3)4/h8-15,22H,5-7,16-17H2,1-4H3,(H,26,29). The maximum absolute atomic E-state index is 12.8. The number of benzene rings is 2. The van der Waals surface area contributed by atoms with Crippen molar-refractivity contribution in [3.63, 3.8) is 0 Å². The molecular formula is C25H32N2O3. The van der Waals surface area contributed by atoms with Crippen LogP contribution in [-0.2, 0) is 10.2 Å². The molecule has 0 aliphatic carbocycles. The fourth-order valence-electron chi connectivity index (χ4n) is 3.85. The molecule has 2 amide bonds. The molecule has 3 rings (SSSR count). The molecule has 0 aromatic heterocycles. The molecule has 0 radical (unpaired) electrons. The van der Waals surface area contributed by atoms with Crippen LogP contribution in [-0.4, -0.2) is 36.4 Å². The molecule has 1 heterocycles. The minimum Gasteiger partial charge on any atom is -0.494 e. The van der Waals surface area contributed by atoms with Gasteiger partial charge >= 0.3 is 0 Å².